The van der Waals surface area contributed by atoms with Gasteiger partial charge >= 0.3 is 0 Å². The van der Waals surface area contributed by atoms with Gasteiger partial charge in [0.1, 0.15) is 6.04 Å². The normalized spacial score (nSPS) is 12.3. The van der Waals surface area contributed by atoms with E-state index in [1.807, 2.05) is 19.9 Å². The van der Waals surface area contributed by atoms with E-state index in [2.05, 4.69) is 5.32 Å². The molecule has 0 saturated carbocycles. The fourth-order valence-electron chi connectivity index (χ4n) is 0.861. The highest BCUT2D eigenvalue weighted by molar-refractivity contribution is 5.73. The summed E-state index contributed by atoms with van der Waals surface area (Å²) >= 11 is 0. The average molecular weight is 154 g/mol. The first-order chi connectivity index (χ1) is 5.06. The molecule has 0 aliphatic rings. The largest absolute Gasteiger partial charge is 0.341 e. The monoisotopic (exact) mass is 154 g/mol. The number of nitrogens with zero attached hydrogens (tertiary/aromatic N) is 1. The van der Waals surface area contributed by atoms with Crippen LogP contribution in [0.3, 0.4) is 0 Å². The number of carbonyl (C=O) groups excluding carboxylic acids is 1. The minimum Gasteiger partial charge on any atom is -0.341 e. The molecular weight excluding hydrogens is 140 g/mol. The van der Waals surface area contributed by atoms with Crippen molar-refractivity contribution in [2.24, 2.45) is 5.92 Å². The SMILES string of the molecule is CC(=O)N[C@H](C#N)CC(C)C. The molecule has 0 fully saturated rings. The highest BCUT2D eigenvalue weighted by Crippen LogP contribution is 2.03. The second-order valence-corrected chi connectivity index (χ2v) is 3.01. The summed E-state index contributed by atoms with van der Waals surface area (Å²) in [5.74, 6) is 0.295. The lowest BCUT2D eigenvalue weighted by atomic mass is 10.1. The van der Waals surface area contributed by atoms with Crippen molar-refractivity contribution >= 4 is 5.91 Å². The molecular formula is C8H14N2O. The summed E-state index contributed by atoms with van der Waals surface area (Å²) in [7, 11) is 0. The van der Waals surface area contributed by atoms with Gasteiger partial charge < -0.3 is 5.32 Å². The van der Waals surface area contributed by atoms with Crippen LogP contribution in [0, 0.1) is 17.2 Å². The zero-order valence-corrected chi connectivity index (χ0v) is 7.22. The Morgan fingerprint density at radius 3 is 2.45 bits per heavy atom. The van der Waals surface area contributed by atoms with Crippen molar-refractivity contribution in [3.63, 3.8) is 0 Å². The Hall–Kier alpha value is -1.04. The van der Waals surface area contributed by atoms with E-state index in [1.54, 1.807) is 0 Å². The van der Waals surface area contributed by atoms with Crippen LogP contribution in [0.1, 0.15) is 27.2 Å². The van der Waals surface area contributed by atoms with Crippen LogP contribution in [-0.2, 0) is 4.79 Å². The van der Waals surface area contributed by atoms with E-state index in [9.17, 15) is 4.79 Å². The molecule has 0 aromatic rings. The van der Waals surface area contributed by atoms with Crippen molar-refractivity contribution in [1.29, 1.82) is 5.26 Å². The molecule has 0 rings (SSSR count). The first-order valence-corrected chi connectivity index (χ1v) is 3.73. The molecule has 1 amide bonds. The van der Waals surface area contributed by atoms with Gasteiger partial charge in [-0.3, -0.25) is 4.79 Å². The van der Waals surface area contributed by atoms with Gasteiger partial charge in [-0.1, -0.05) is 13.8 Å². The molecule has 0 saturated heterocycles. The quantitative estimate of drug-likeness (QED) is 0.660. The molecule has 62 valence electrons. The molecule has 3 heteroatoms. The number of amides is 1. The van der Waals surface area contributed by atoms with Crippen molar-refractivity contribution < 1.29 is 4.79 Å². The van der Waals surface area contributed by atoms with Crippen LogP contribution in [0.2, 0.25) is 0 Å². The van der Waals surface area contributed by atoms with E-state index in [1.165, 1.54) is 6.92 Å². The van der Waals surface area contributed by atoms with Gasteiger partial charge in [0.15, 0.2) is 0 Å². The van der Waals surface area contributed by atoms with Crippen molar-refractivity contribution in [2.75, 3.05) is 0 Å². The minimum atomic E-state index is -0.326. The molecule has 0 bridgehead atoms. The predicted molar refractivity (Wildman–Crippen MR) is 42.7 cm³/mol. The van der Waals surface area contributed by atoms with Gasteiger partial charge in [-0.05, 0) is 12.3 Å². The second-order valence-electron chi connectivity index (χ2n) is 3.01. The molecule has 11 heavy (non-hydrogen) atoms. The van der Waals surface area contributed by atoms with Crippen LogP contribution in [0.4, 0.5) is 0 Å². The van der Waals surface area contributed by atoms with Crippen LogP contribution >= 0.6 is 0 Å². The molecule has 0 heterocycles. The summed E-state index contributed by atoms with van der Waals surface area (Å²) in [6, 6.07) is 1.71. The summed E-state index contributed by atoms with van der Waals surface area (Å²) in [4.78, 5) is 10.5. The van der Waals surface area contributed by atoms with Gasteiger partial charge in [0.25, 0.3) is 0 Å². The Bertz CT molecular complexity index is 169. The zero-order chi connectivity index (χ0) is 8.85. The number of hydrogen-bond acceptors (Lipinski definition) is 2. The predicted octanol–water partition coefficient (Wildman–Crippen LogP) is 1.06. The molecule has 0 aromatic carbocycles. The fraction of sp³-hybridized carbons (Fsp3) is 0.750. The van der Waals surface area contributed by atoms with E-state index in [0.717, 1.165) is 6.42 Å². The minimum absolute atomic E-state index is 0.141. The summed E-state index contributed by atoms with van der Waals surface area (Å²) in [6.45, 7) is 5.46. The lowest BCUT2D eigenvalue weighted by Crippen LogP contribution is -2.32. The summed E-state index contributed by atoms with van der Waals surface area (Å²) in [5, 5.41) is 11.1. The van der Waals surface area contributed by atoms with E-state index in [0.29, 0.717) is 5.92 Å². The molecule has 0 aromatic heterocycles. The fourth-order valence-corrected chi connectivity index (χ4v) is 0.861. The third-order valence-electron chi connectivity index (χ3n) is 1.24. The Morgan fingerprint density at radius 2 is 2.18 bits per heavy atom. The third kappa shape index (κ3) is 5.41. The van der Waals surface area contributed by atoms with Crippen LogP contribution < -0.4 is 5.32 Å². The molecule has 1 atom stereocenters. The number of rotatable bonds is 3. The average Bonchev–Trinajstić information content (AvgIpc) is 1.84. The van der Waals surface area contributed by atoms with Gasteiger partial charge in [0.05, 0.1) is 6.07 Å². The van der Waals surface area contributed by atoms with Gasteiger partial charge in [0.2, 0.25) is 5.91 Å². The van der Waals surface area contributed by atoms with Crippen molar-refractivity contribution in [3.05, 3.63) is 0 Å². The highest BCUT2D eigenvalue weighted by Gasteiger charge is 2.09. The topological polar surface area (TPSA) is 52.9 Å². The smallest absolute Gasteiger partial charge is 0.217 e. The maximum absolute atomic E-state index is 10.5. The van der Waals surface area contributed by atoms with E-state index < -0.39 is 0 Å². The van der Waals surface area contributed by atoms with Gasteiger partial charge in [-0.15, -0.1) is 0 Å². The maximum Gasteiger partial charge on any atom is 0.217 e. The molecule has 0 radical (unpaired) electrons. The number of nitriles is 1. The maximum atomic E-state index is 10.5. The summed E-state index contributed by atoms with van der Waals surface area (Å²) in [5.41, 5.74) is 0. The van der Waals surface area contributed by atoms with Crippen LogP contribution in [0.5, 0.6) is 0 Å². The van der Waals surface area contributed by atoms with Crippen molar-refractivity contribution in [3.8, 4) is 6.07 Å². The highest BCUT2D eigenvalue weighted by atomic mass is 16.1. The Kier molecular flexibility index (Phi) is 4.28. The zero-order valence-electron chi connectivity index (χ0n) is 7.22. The van der Waals surface area contributed by atoms with Gasteiger partial charge in [0, 0.05) is 6.92 Å². The van der Waals surface area contributed by atoms with Crippen LogP contribution in [-0.4, -0.2) is 11.9 Å². The molecule has 0 spiro atoms. The number of hydrogen-bond donors (Lipinski definition) is 1. The number of carbonyl (C=O) groups is 1. The lowest BCUT2D eigenvalue weighted by molar-refractivity contribution is -0.119. The molecule has 0 aliphatic heterocycles. The van der Waals surface area contributed by atoms with Crippen molar-refractivity contribution in [2.45, 2.75) is 33.2 Å². The molecule has 0 aliphatic carbocycles. The van der Waals surface area contributed by atoms with E-state index >= 15 is 0 Å². The van der Waals surface area contributed by atoms with Crippen molar-refractivity contribution in [1.82, 2.24) is 5.32 Å². The molecule has 3 nitrogen and oxygen atoms in total. The van der Waals surface area contributed by atoms with E-state index in [4.69, 9.17) is 5.26 Å². The third-order valence-corrected chi connectivity index (χ3v) is 1.24. The van der Waals surface area contributed by atoms with Gasteiger partial charge in [-0.2, -0.15) is 5.26 Å². The van der Waals surface area contributed by atoms with Crippen LogP contribution in [0.25, 0.3) is 0 Å². The lowest BCUT2D eigenvalue weighted by Gasteiger charge is -2.11. The Labute approximate surface area is 67.4 Å². The van der Waals surface area contributed by atoms with Crippen LogP contribution in [0.15, 0.2) is 0 Å². The second kappa shape index (κ2) is 4.73. The van der Waals surface area contributed by atoms with E-state index in [-0.39, 0.29) is 11.9 Å². The Morgan fingerprint density at radius 1 is 1.64 bits per heavy atom. The molecule has 0 unspecified atom stereocenters. The first-order valence-electron chi connectivity index (χ1n) is 3.73. The number of nitrogens with one attached hydrogen (secondary N) is 1. The standard InChI is InChI=1S/C8H14N2O/c1-6(2)4-8(5-9)10-7(3)11/h6,8H,4H2,1-3H3,(H,10,11)/t8-/m0/s1. The first kappa shape index (κ1) is 9.96. The summed E-state index contributed by atoms with van der Waals surface area (Å²) < 4.78 is 0. The van der Waals surface area contributed by atoms with Gasteiger partial charge in [-0.25, -0.2) is 0 Å². The molecule has 1 N–H and O–H groups in total. The Balaban J connectivity index is 3.79. The summed E-state index contributed by atoms with van der Waals surface area (Å²) in [6.07, 6.45) is 0.718.